The van der Waals surface area contributed by atoms with Crippen LogP contribution in [0.1, 0.15) is 0 Å². The van der Waals surface area contributed by atoms with Gasteiger partial charge in [0.15, 0.2) is 0 Å². The number of fused-ring (bicyclic) bond motifs is 10. The Labute approximate surface area is 700 Å². The summed E-state index contributed by atoms with van der Waals surface area (Å²) in [6, 6.07) is 158. The molecule has 0 fully saturated rings. The highest BCUT2D eigenvalue weighted by Gasteiger charge is 2.26. The molecular weight excluding hydrogens is 1470 g/mol. The van der Waals surface area contributed by atoms with E-state index in [1.807, 2.05) is 12.1 Å². The summed E-state index contributed by atoms with van der Waals surface area (Å²) < 4.78 is 4.52. The van der Waals surface area contributed by atoms with Crippen molar-refractivity contribution in [1.29, 1.82) is 0 Å². The molecule has 0 aliphatic heterocycles. The zero-order chi connectivity index (χ0) is 80.1. The summed E-state index contributed by atoms with van der Waals surface area (Å²) in [5, 5.41) is 16.6. The lowest BCUT2D eigenvalue weighted by atomic mass is 9.90. The van der Waals surface area contributed by atoms with Crippen molar-refractivity contribution in [1.82, 2.24) is 24.5 Å². The number of aromatic nitrogens is 6. The Balaban J connectivity index is 0.000000145. The Morgan fingerprint density at radius 3 is 0.934 bits per heavy atom. The molecular formula is C115H75N6+. The lowest BCUT2D eigenvalue weighted by molar-refractivity contribution is -0.595. The summed E-state index contributed by atoms with van der Waals surface area (Å²) in [4.78, 5) is 21.5. The molecule has 564 valence electrons. The van der Waals surface area contributed by atoms with Crippen molar-refractivity contribution in [3.05, 3.63) is 455 Å². The third-order valence-corrected chi connectivity index (χ3v) is 23.7. The van der Waals surface area contributed by atoms with Gasteiger partial charge >= 0.3 is 0 Å². The Morgan fingerprint density at radius 1 is 0.190 bits per heavy atom. The molecule has 6 nitrogen and oxygen atoms in total. The molecule has 19 aromatic carbocycles. The first-order chi connectivity index (χ1) is 59.9. The van der Waals surface area contributed by atoms with Crippen LogP contribution in [0.15, 0.2) is 455 Å². The van der Waals surface area contributed by atoms with Gasteiger partial charge in [-0.25, -0.2) is 19.9 Å². The van der Waals surface area contributed by atoms with E-state index < -0.39 is 0 Å². The zero-order valence-corrected chi connectivity index (χ0v) is 66.0. The first-order valence-corrected chi connectivity index (χ1v) is 41.2. The van der Waals surface area contributed by atoms with E-state index in [4.69, 9.17) is 19.9 Å². The second kappa shape index (κ2) is 30.8. The molecule has 0 unspecified atom stereocenters. The highest BCUT2D eigenvalue weighted by atomic mass is 15.1. The Kier molecular flexibility index (Phi) is 18.2. The first kappa shape index (κ1) is 71.4. The van der Waals surface area contributed by atoms with E-state index in [1.165, 1.54) is 59.6 Å². The molecule has 0 saturated heterocycles. The lowest BCUT2D eigenvalue weighted by Crippen LogP contribution is -2.30. The number of imidazole rings is 1. The summed E-state index contributed by atoms with van der Waals surface area (Å²) in [6.45, 7) is 0. The van der Waals surface area contributed by atoms with Crippen LogP contribution in [0.3, 0.4) is 0 Å². The maximum atomic E-state index is 5.51. The van der Waals surface area contributed by atoms with Crippen molar-refractivity contribution in [3.8, 4) is 135 Å². The predicted molar refractivity (Wildman–Crippen MR) is 505 cm³/mol. The van der Waals surface area contributed by atoms with Gasteiger partial charge in [-0.05, 0) is 171 Å². The highest BCUT2D eigenvalue weighted by Crippen LogP contribution is 2.46. The van der Waals surface area contributed by atoms with Crippen LogP contribution in [0.2, 0.25) is 0 Å². The highest BCUT2D eigenvalue weighted by molar-refractivity contribution is 6.18. The molecule has 4 aromatic heterocycles. The molecule has 0 atom stereocenters. The Hall–Kier alpha value is -16.2. The van der Waals surface area contributed by atoms with Crippen LogP contribution < -0.4 is 4.57 Å². The normalized spacial score (nSPS) is 11.5. The van der Waals surface area contributed by atoms with Crippen LogP contribution in [0.4, 0.5) is 0 Å². The van der Waals surface area contributed by atoms with Crippen molar-refractivity contribution in [2.75, 3.05) is 0 Å². The van der Waals surface area contributed by atoms with Crippen molar-refractivity contribution in [2.24, 2.45) is 0 Å². The third kappa shape index (κ3) is 13.6. The number of hydrogen-bond donors (Lipinski definition) is 0. The Morgan fingerprint density at radius 2 is 0.512 bits per heavy atom. The number of hydrogen-bond acceptors (Lipinski definition) is 4. The SMILES string of the molecule is c1ccc(-c2c[n+](-c3ccc(-c4cc5c(-c6ccc7ccccc7c6)cc(-c6ccc7ccccc7c6)nc5c5ccccc45)cc3)cc(-c3ccccc3)n2)cc1.c1ccc(-c2nc(-c3ccccc3)n(-c3ccc(-c4cc5c(-c6ccc7ccccc7c6)cc(-c6ccc7ccccc7c6)nc5c5ccccc45)cc3)c2-c2ccccc2)cc1. The number of benzene rings is 19. The standard InChI is InChI=1S/C60H39N3.C55H36N3/c1-4-18-43(19-5-1)57-59(44-20-6-2-7-21-44)63(60(62-57)45-22-8-3-9-23-45)50-34-32-42(33-35-50)53-38-55-54(48-30-28-40-16-10-12-24-46(40)36-48)39-56(61-58(55)52-27-15-14-26-51(52)53)49-31-29-41-17-11-13-25-47(41)37-49;1-3-15-40(16-4-1)53-35-58(36-54(56-53)41-17-5-2-6-18-41)46-29-27-39(28-30-46)49-33-51-50(44-25-23-37-13-7-9-19-42(37)31-44)34-52(57-55(51)48-22-12-11-21-47(48)49)45-26-24-38-14-8-10-20-43(38)32-45/h1-39H;1-36H/q;+1. The van der Waals surface area contributed by atoms with Crippen molar-refractivity contribution < 1.29 is 4.57 Å². The summed E-state index contributed by atoms with van der Waals surface area (Å²) in [7, 11) is 0. The second-order valence-electron chi connectivity index (χ2n) is 31.0. The molecule has 0 saturated carbocycles. The van der Waals surface area contributed by atoms with E-state index in [0.717, 1.165) is 162 Å². The van der Waals surface area contributed by atoms with Gasteiger partial charge in [0.1, 0.15) is 17.2 Å². The minimum Gasteiger partial charge on any atom is -0.292 e. The molecule has 4 heterocycles. The predicted octanol–water partition coefficient (Wildman–Crippen LogP) is 29.6. The van der Waals surface area contributed by atoms with Gasteiger partial charge in [-0.1, -0.05) is 358 Å². The minimum atomic E-state index is 0.894. The van der Waals surface area contributed by atoms with Crippen LogP contribution in [0, 0.1) is 0 Å². The van der Waals surface area contributed by atoms with Gasteiger partial charge in [0.2, 0.25) is 18.1 Å². The van der Waals surface area contributed by atoms with Crippen LogP contribution in [-0.4, -0.2) is 24.5 Å². The van der Waals surface area contributed by atoms with Crippen LogP contribution in [-0.2, 0) is 0 Å². The molecule has 0 N–H and O–H groups in total. The van der Waals surface area contributed by atoms with E-state index >= 15 is 0 Å². The molecule has 23 rings (SSSR count). The van der Waals surface area contributed by atoms with Crippen LogP contribution in [0.25, 0.3) is 221 Å². The van der Waals surface area contributed by atoms with Gasteiger partial charge < -0.3 is 0 Å². The fraction of sp³-hybridized carbons (Fsp3) is 0. The fourth-order valence-corrected chi connectivity index (χ4v) is 17.6. The molecule has 23 aromatic rings. The van der Waals surface area contributed by atoms with Gasteiger partial charge in [0.25, 0.3) is 0 Å². The number of nitrogens with zero attached hydrogens (tertiary/aromatic N) is 6. The fourth-order valence-electron chi connectivity index (χ4n) is 17.6. The monoisotopic (exact) mass is 1540 g/mol. The summed E-state index contributed by atoms with van der Waals surface area (Å²) >= 11 is 0. The van der Waals surface area contributed by atoms with E-state index in [1.54, 1.807) is 0 Å². The zero-order valence-electron chi connectivity index (χ0n) is 66.0. The van der Waals surface area contributed by atoms with Gasteiger partial charge in [0, 0.05) is 78.3 Å². The topological polar surface area (TPSA) is 60.4 Å². The molecule has 0 spiro atoms. The van der Waals surface area contributed by atoms with Gasteiger partial charge in [-0.2, -0.15) is 4.57 Å². The second-order valence-corrected chi connectivity index (χ2v) is 31.0. The van der Waals surface area contributed by atoms with Gasteiger partial charge in [-0.15, -0.1) is 0 Å². The summed E-state index contributed by atoms with van der Waals surface area (Å²) in [6.07, 6.45) is 4.24. The van der Waals surface area contributed by atoms with Crippen molar-refractivity contribution in [3.63, 3.8) is 0 Å². The van der Waals surface area contributed by atoms with Gasteiger partial charge in [-0.3, -0.25) is 4.57 Å². The minimum absolute atomic E-state index is 0.894. The molecule has 0 aliphatic rings. The van der Waals surface area contributed by atoms with Crippen LogP contribution >= 0.6 is 0 Å². The van der Waals surface area contributed by atoms with Crippen LogP contribution in [0.5, 0.6) is 0 Å². The van der Waals surface area contributed by atoms with E-state index in [9.17, 15) is 0 Å². The summed E-state index contributed by atoms with van der Waals surface area (Å²) in [5.74, 6) is 0.894. The molecule has 0 aliphatic carbocycles. The van der Waals surface area contributed by atoms with Gasteiger partial charge in [0.05, 0.1) is 33.8 Å². The van der Waals surface area contributed by atoms with E-state index in [2.05, 4.69) is 452 Å². The molecule has 0 radical (unpaired) electrons. The van der Waals surface area contributed by atoms with Crippen molar-refractivity contribution >= 4 is 86.4 Å². The lowest BCUT2D eigenvalue weighted by Gasteiger charge is -2.17. The van der Waals surface area contributed by atoms with E-state index in [0.29, 0.717) is 0 Å². The average Bonchev–Trinajstić information content (AvgIpc) is 1.40. The summed E-state index contributed by atoms with van der Waals surface area (Å²) in [5.41, 5.74) is 26.7. The maximum Gasteiger partial charge on any atom is 0.210 e. The largest absolute Gasteiger partial charge is 0.292 e. The third-order valence-electron chi connectivity index (χ3n) is 23.7. The quantitative estimate of drug-likeness (QED) is 0.0853. The molecule has 0 bridgehead atoms. The average molecular weight is 1540 g/mol. The maximum absolute atomic E-state index is 5.51. The first-order valence-electron chi connectivity index (χ1n) is 41.2. The van der Waals surface area contributed by atoms with E-state index in [-0.39, 0.29) is 0 Å². The molecule has 121 heavy (non-hydrogen) atoms. The Bertz CT molecular complexity index is 7850. The molecule has 0 amide bonds. The number of pyridine rings is 2. The smallest absolute Gasteiger partial charge is 0.210 e. The number of rotatable bonds is 13. The van der Waals surface area contributed by atoms with Crippen molar-refractivity contribution in [2.45, 2.75) is 0 Å². The molecule has 6 heteroatoms.